The Hall–Kier alpha value is 0.137. The third-order valence-electron chi connectivity index (χ3n) is 3.18. The molecule has 2 nitrogen and oxygen atoms in total. The van der Waals surface area contributed by atoms with Gasteiger partial charge in [0.05, 0.1) is 17.8 Å². The van der Waals surface area contributed by atoms with Crippen molar-refractivity contribution >= 4 is 10.5 Å². The Morgan fingerprint density at radius 1 is 1.42 bits per heavy atom. The monoisotopic (exact) mass is 183 g/mol. The Morgan fingerprint density at radius 2 is 2.17 bits per heavy atom. The number of hydrogen-bond acceptors (Lipinski definition) is 2. The van der Waals surface area contributed by atoms with E-state index in [2.05, 4.69) is 24.3 Å². The average Bonchev–Trinajstić information content (AvgIpc) is 2.81. The van der Waals surface area contributed by atoms with E-state index in [0.29, 0.717) is 18.1 Å². The first-order valence-electron chi connectivity index (χ1n) is 4.65. The van der Waals surface area contributed by atoms with Gasteiger partial charge in [0.2, 0.25) is 10.5 Å². The van der Waals surface area contributed by atoms with Gasteiger partial charge in [0.15, 0.2) is 0 Å². The predicted molar refractivity (Wildman–Crippen MR) is 46.9 cm³/mol. The highest BCUT2D eigenvalue weighted by atomic mass is 28.2. The van der Waals surface area contributed by atoms with Crippen LogP contribution >= 0.6 is 0 Å². The largest absolute Gasteiger partial charge is 0.413 e. The first-order valence-corrected chi connectivity index (χ1v) is 5.06. The van der Waals surface area contributed by atoms with E-state index in [-0.39, 0.29) is 5.60 Å². The fourth-order valence-electron chi connectivity index (χ4n) is 2.26. The molecule has 3 unspecified atom stereocenters. The van der Waals surface area contributed by atoms with Crippen molar-refractivity contribution in [3.05, 3.63) is 0 Å². The van der Waals surface area contributed by atoms with Crippen LogP contribution in [-0.4, -0.2) is 28.3 Å². The Kier molecular flexibility index (Phi) is 2.05. The molecule has 2 aliphatic rings. The van der Waals surface area contributed by atoms with Gasteiger partial charge in [0.25, 0.3) is 0 Å². The van der Waals surface area contributed by atoms with Gasteiger partial charge in [0, 0.05) is 5.92 Å². The highest BCUT2D eigenvalue weighted by Gasteiger charge is 2.52. The quantitative estimate of drug-likeness (QED) is 0.477. The van der Waals surface area contributed by atoms with Gasteiger partial charge in [-0.3, -0.25) is 0 Å². The number of fused-ring (bicyclic) bond motifs is 1. The van der Waals surface area contributed by atoms with Gasteiger partial charge in [-0.2, -0.15) is 0 Å². The third kappa shape index (κ3) is 1.34. The topological polar surface area (TPSA) is 21.8 Å². The average molecular weight is 183 g/mol. The van der Waals surface area contributed by atoms with Crippen LogP contribution in [0.2, 0.25) is 0 Å². The lowest BCUT2D eigenvalue weighted by Gasteiger charge is -2.34. The minimum absolute atomic E-state index is 0.0866. The molecule has 2 fully saturated rings. The minimum Gasteiger partial charge on any atom is -0.413 e. The molecule has 2 rings (SSSR count). The zero-order valence-electron chi connectivity index (χ0n) is 7.67. The fraction of sp³-hybridized carbons (Fsp3) is 1.00. The maximum atomic E-state index is 5.58. The predicted octanol–water partition coefficient (Wildman–Crippen LogP) is 1.43. The van der Waals surface area contributed by atoms with Gasteiger partial charge in [-0.15, -0.1) is 0 Å². The van der Waals surface area contributed by atoms with Crippen LogP contribution < -0.4 is 0 Å². The molecule has 0 spiro atoms. The fourth-order valence-corrected chi connectivity index (χ4v) is 2.42. The number of ether oxygens (including phenoxy) is 1. The Balaban J connectivity index is 2.02. The highest BCUT2D eigenvalue weighted by molar-refractivity contribution is 5.98. The molecule has 1 heterocycles. The van der Waals surface area contributed by atoms with E-state index in [1.54, 1.807) is 0 Å². The molecule has 12 heavy (non-hydrogen) atoms. The first kappa shape index (κ1) is 8.72. The second-order valence-electron chi connectivity index (χ2n) is 4.38. The molecule has 0 amide bonds. The lowest BCUT2D eigenvalue weighted by atomic mass is 9.79. The summed E-state index contributed by atoms with van der Waals surface area (Å²) < 4.78 is 10.9. The molecule has 0 aromatic carbocycles. The molecule has 0 bridgehead atoms. The van der Waals surface area contributed by atoms with Crippen LogP contribution in [0.1, 0.15) is 33.1 Å². The summed E-state index contributed by atoms with van der Waals surface area (Å²) in [7, 11) is 3.14. The third-order valence-corrected chi connectivity index (χ3v) is 3.70. The second-order valence-corrected chi connectivity index (χ2v) is 4.59. The zero-order valence-corrected chi connectivity index (χ0v) is 8.67. The zero-order chi connectivity index (χ0) is 8.77. The molecule has 67 valence electrons. The van der Waals surface area contributed by atoms with E-state index < -0.39 is 0 Å². The van der Waals surface area contributed by atoms with Gasteiger partial charge in [-0.05, 0) is 26.7 Å². The summed E-state index contributed by atoms with van der Waals surface area (Å²) in [5.74, 6) is 0.564. The van der Waals surface area contributed by atoms with Crippen molar-refractivity contribution in [3.8, 4) is 0 Å². The van der Waals surface area contributed by atoms with E-state index in [0.717, 1.165) is 0 Å². The van der Waals surface area contributed by atoms with Crippen molar-refractivity contribution in [3.63, 3.8) is 0 Å². The highest BCUT2D eigenvalue weighted by Crippen LogP contribution is 2.45. The summed E-state index contributed by atoms with van der Waals surface area (Å²) in [4.78, 5) is 0. The Morgan fingerprint density at radius 3 is 2.83 bits per heavy atom. The molecule has 0 aromatic heterocycles. The molecule has 0 N–H and O–H groups in total. The van der Waals surface area contributed by atoms with E-state index in [4.69, 9.17) is 9.16 Å². The summed E-state index contributed by atoms with van der Waals surface area (Å²) in [6, 6.07) is 0. The summed E-state index contributed by atoms with van der Waals surface area (Å²) in [5, 5.41) is 0. The Labute approximate surface area is 77.2 Å². The SMILES string of the molecule is CC(C)(O[Si])C1CCCC2OC21. The summed E-state index contributed by atoms with van der Waals surface area (Å²) >= 11 is 0. The molecular formula is C9H15O2Si. The molecule has 3 atom stereocenters. The van der Waals surface area contributed by atoms with E-state index >= 15 is 0 Å². The lowest BCUT2D eigenvalue weighted by Crippen LogP contribution is -2.39. The molecule has 3 radical (unpaired) electrons. The number of rotatable bonds is 2. The van der Waals surface area contributed by atoms with Crippen molar-refractivity contribution < 1.29 is 9.16 Å². The van der Waals surface area contributed by atoms with Crippen molar-refractivity contribution in [1.29, 1.82) is 0 Å². The standard InChI is InChI=1S/C9H15O2Si/c1-9(2,11-12)6-4-3-5-7-8(6)10-7/h6-8H,3-5H2,1-2H3. The minimum atomic E-state index is -0.0866. The molecule has 1 saturated heterocycles. The first-order chi connectivity index (χ1) is 5.65. The summed E-state index contributed by atoms with van der Waals surface area (Å²) in [6.45, 7) is 4.24. The Bertz CT molecular complexity index is 181. The molecule has 1 saturated carbocycles. The van der Waals surface area contributed by atoms with Crippen LogP contribution in [0.4, 0.5) is 0 Å². The van der Waals surface area contributed by atoms with E-state index in [1.807, 2.05) is 0 Å². The molecule has 0 aromatic rings. The van der Waals surface area contributed by atoms with E-state index in [9.17, 15) is 0 Å². The van der Waals surface area contributed by atoms with Gasteiger partial charge < -0.3 is 9.16 Å². The maximum Gasteiger partial charge on any atom is 0.246 e. The van der Waals surface area contributed by atoms with Gasteiger partial charge in [0.1, 0.15) is 0 Å². The van der Waals surface area contributed by atoms with Crippen LogP contribution in [-0.2, 0) is 9.16 Å². The maximum absolute atomic E-state index is 5.58. The van der Waals surface area contributed by atoms with Crippen molar-refractivity contribution in [1.82, 2.24) is 0 Å². The number of epoxide rings is 1. The summed E-state index contributed by atoms with van der Waals surface area (Å²) in [5.41, 5.74) is -0.0866. The van der Waals surface area contributed by atoms with Crippen LogP contribution in [0, 0.1) is 5.92 Å². The molecule has 1 aliphatic heterocycles. The van der Waals surface area contributed by atoms with Gasteiger partial charge in [-0.25, -0.2) is 0 Å². The van der Waals surface area contributed by atoms with Crippen LogP contribution in [0.25, 0.3) is 0 Å². The summed E-state index contributed by atoms with van der Waals surface area (Å²) in [6.07, 6.45) is 4.79. The normalized spacial score (nSPS) is 40.8. The molecular weight excluding hydrogens is 168 g/mol. The van der Waals surface area contributed by atoms with Crippen molar-refractivity contribution in [2.24, 2.45) is 5.92 Å². The van der Waals surface area contributed by atoms with Crippen LogP contribution in [0.3, 0.4) is 0 Å². The van der Waals surface area contributed by atoms with E-state index in [1.165, 1.54) is 19.3 Å². The van der Waals surface area contributed by atoms with Gasteiger partial charge >= 0.3 is 0 Å². The van der Waals surface area contributed by atoms with Crippen molar-refractivity contribution in [2.45, 2.75) is 50.9 Å². The van der Waals surface area contributed by atoms with Crippen molar-refractivity contribution in [2.75, 3.05) is 0 Å². The number of hydrogen-bond donors (Lipinski definition) is 0. The van der Waals surface area contributed by atoms with Crippen LogP contribution in [0.15, 0.2) is 0 Å². The van der Waals surface area contributed by atoms with Gasteiger partial charge in [-0.1, -0.05) is 6.42 Å². The second kappa shape index (κ2) is 2.82. The smallest absolute Gasteiger partial charge is 0.246 e. The molecule has 1 aliphatic carbocycles. The molecule has 3 heteroatoms. The lowest BCUT2D eigenvalue weighted by molar-refractivity contribution is 0.0306. The van der Waals surface area contributed by atoms with Crippen LogP contribution in [0.5, 0.6) is 0 Å².